The van der Waals surface area contributed by atoms with E-state index in [4.69, 9.17) is 16.3 Å². The maximum atomic E-state index is 6.12. The summed E-state index contributed by atoms with van der Waals surface area (Å²) < 4.78 is 5.58. The van der Waals surface area contributed by atoms with Crippen molar-refractivity contribution in [3.63, 3.8) is 0 Å². The van der Waals surface area contributed by atoms with Crippen LogP contribution in [0.5, 0.6) is 5.75 Å². The lowest BCUT2D eigenvalue weighted by molar-refractivity contribution is 0.338. The van der Waals surface area contributed by atoms with Gasteiger partial charge in [0.15, 0.2) is 0 Å². The standard InChI is InChI=1S/C14H17ClO/c1-3-16-14-10(2)12(7-8-13(14)15)9-11-5-4-6-11/h7-9H,3-6H2,1-2H3. The van der Waals surface area contributed by atoms with E-state index in [0.717, 1.165) is 11.3 Å². The van der Waals surface area contributed by atoms with Crippen LogP contribution in [0.2, 0.25) is 5.02 Å². The Morgan fingerprint density at radius 3 is 2.69 bits per heavy atom. The molecule has 2 rings (SSSR count). The molecule has 1 aliphatic carbocycles. The van der Waals surface area contributed by atoms with Gasteiger partial charge in [-0.05, 0) is 50.3 Å². The summed E-state index contributed by atoms with van der Waals surface area (Å²) in [6, 6.07) is 4.00. The molecule has 0 spiro atoms. The second kappa shape index (κ2) is 4.92. The highest BCUT2D eigenvalue weighted by molar-refractivity contribution is 6.32. The number of hydrogen-bond donors (Lipinski definition) is 0. The molecular weight excluding hydrogens is 220 g/mol. The van der Waals surface area contributed by atoms with Crippen molar-refractivity contribution in [2.24, 2.45) is 0 Å². The minimum Gasteiger partial charge on any atom is -0.492 e. The Balaban J connectivity index is 2.35. The lowest BCUT2D eigenvalue weighted by Crippen LogP contribution is -1.99. The van der Waals surface area contributed by atoms with Crippen molar-refractivity contribution in [2.45, 2.75) is 33.1 Å². The van der Waals surface area contributed by atoms with E-state index in [9.17, 15) is 0 Å². The normalized spacial score (nSPS) is 14.6. The van der Waals surface area contributed by atoms with E-state index in [1.807, 2.05) is 13.0 Å². The summed E-state index contributed by atoms with van der Waals surface area (Å²) in [5.74, 6) is 0.831. The van der Waals surface area contributed by atoms with Crippen LogP contribution in [-0.4, -0.2) is 6.61 Å². The summed E-state index contributed by atoms with van der Waals surface area (Å²) in [6.07, 6.45) is 6.09. The van der Waals surface area contributed by atoms with Gasteiger partial charge in [0.2, 0.25) is 0 Å². The summed E-state index contributed by atoms with van der Waals surface area (Å²) in [7, 11) is 0. The molecule has 16 heavy (non-hydrogen) atoms. The van der Waals surface area contributed by atoms with E-state index < -0.39 is 0 Å². The average Bonchev–Trinajstić information content (AvgIpc) is 2.20. The molecule has 0 unspecified atom stereocenters. The van der Waals surface area contributed by atoms with Crippen molar-refractivity contribution in [2.75, 3.05) is 6.61 Å². The van der Waals surface area contributed by atoms with Gasteiger partial charge in [0.25, 0.3) is 0 Å². The zero-order valence-electron chi connectivity index (χ0n) is 9.85. The molecule has 0 saturated heterocycles. The Kier molecular flexibility index (Phi) is 3.55. The second-order valence-electron chi connectivity index (χ2n) is 4.18. The first kappa shape index (κ1) is 11.5. The predicted molar refractivity (Wildman–Crippen MR) is 69.2 cm³/mol. The van der Waals surface area contributed by atoms with Crippen molar-refractivity contribution in [1.29, 1.82) is 0 Å². The van der Waals surface area contributed by atoms with Crippen molar-refractivity contribution < 1.29 is 4.74 Å². The monoisotopic (exact) mass is 236 g/mol. The molecule has 86 valence electrons. The Morgan fingerprint density at radius 1 is 1.38 bits per heavy atom. The fourth-order valence-electron chi connectivity index (χ4n) is 1.90. The molecule has 0 N–H and O–H groups in total. The summed E-state index contributed by atoms with van der Waals surface area (Å²) in [4.78, 5) is 0. The fraction of sp³-hybridized carbons (Fsp3) is 0.429. The van der Waals surface area contributed by atoms with Gasteiger partial charge in [0.05, 0.1) is 11.6 Å². The first-order chi connectivity index (χ1) is 7.72. The molecular formula is C14H17ClO. The minimum atomic E-state index is 0.653. The summed E-state index contributed by atoms with van der Waals surface area (Å²) in [5.41, 5.74) is 3.92. The van der Waals surface area contributed by atoms with Gasteiger partial charge in [-0.3, -0.25) is 0 Å². The lowest BCUT2D eigenvalue weighted by atomic mass is 9.90. The third-order valence-electron chi connectivity index (χ3n) is 3.04. The summed E-state index contributed by atoms with van der Waals surface area (Å²) in [5, 5.41) is 0.704. The van der Waals surface area contributed by atoms with Gasteiger partial charge in [0.1, 0.15) is 5.75 Å². The molecule has 0 radical (unpaired) electrons. The largest absolute Gasteiger partial charge is 0.492 e. The Morgan fingerprint density at radius 2 is 2.12 bits per heavy atom. The van der Waals surface area contributed by atoms with Gasteiger partial charge in [-0.25, -0.2) is 0 Å². The van der Waals surface area contributed by atoms with E-state index in [-0.39, 0.29) is 0 Å². The molecule has 1 fully saturated rings. The van der Waals surface area contributed by atoms with Crippen LogP contribution < -0.4 is 4.74 Å². The van der Waals surface area contributed by atoms with Crippen LogP contribution >= 0.6 is 11.6 Å². The van der Waals surface area contributed by atoms with Crippen molar-refractivity contribution in [1.82, 2.24) is 0 Å². The smallest absolute Gasteiger partial charge is 0.141 e. The van der Waals surface area contributed by atoms with Crippen molar-refractivity contribution >= 4 is 17.7 Å². The Bertz CT molecular complexity index is 415. The van der Waals surface area contributed by atoms with E-state index in [1.54, 1.807) is 0 Å². The van der Waals surface area contributed by atoms with Crippen LogP contribution in [0.3, 0.4) is 0 Å². The molecule has 0 amide bonds. The number of benzene rings is 1. The number of allylic oxidation sites excluding steroid dienone is 1. The van der Waals surface area contributed by atoms with Crippen molar-refractivity contribution in [3.05, 3.63) is 33.9 Å². The van der Waals surface area contributed by atoms with Gasteiger partial charge in [-0.2, -0.15) is 0 Å². The maximum absolute atomic E-state index is 6.12. The molecule has 1 aromatic carbocycles. The van der Waals surface area contributed by atoms with E-state index >= 15 is 0 Å². The summed E-state index contributed by atoms with van der Waals surface area (Å²) >= 11 is 6.12. The highest BCUT2D eigenvalue weighted by Gasteiger charge is 2.12. The SMILES string of the molecule is CCOc1c(Cl)ccc(C=C2CCC2)c1C. The first-order valence-corrected chi connectivity index (χ1v) is 6.21. The zero-order chi connectivity index (χ0) is 11.5. The molecule has 0 heterocycles. The highest BCUT2D eigenvalue weighted by atomic mass is 35.5. The fourth-order valence-corrected chi connectivity index (χ4v) is 2.16. The lowest BCUT2D eigenvalue weighted by Gasteiger charge is -2.17. The number of hydrogen-bond acceptors (Lipinski definition) is 1. The number of ether oxygens (including phenoxy) is 1. The maximum Gasteiger partial charge on any atom is 0.141 e. The van der Waals surface area contributed by atoms with Crippen LogP contribution in [0, 0.1) is 6.92 Å². The zero-order valence-corrected chi connectivity index (χ0v) is 10.6. The Labute approximate surface area is 102 Å². The average molecular weight is 237 g/mol. The van der Waals surface area contributed by atoms with Crippen LogP contribution in [0.25, 0.3) is 6.08 Å². The van der Waals surface area contributed by atoms with Gasteiger partial charge >= 0.3 is 0 Å². The Hall–Kier alpha value is -0.950. The van der Waals surface area contributed by atoms with Crippen LogP contribution in [0.1, 0.15) is 37.3 Å². The third-order valence-corrected chi connectivity index (χ3v) is 3.34. The van der Waals surface area contributed by atoms with Gasteiger partial charge < -0.3 is 4.74 Å². The highest BCUT2D eigenvalue weighted by Crippen LogP contribution is 2.34. The minimum absolute atomic E-state index is 0.653. The molecule has 1 aromatic rings. The third kappa shape index (κ3) is 2.25. The predicted octanol–water partition coefficient (Wildman–Crippen LogP) is 4.61. The molecule has 0 atom stereocenters. The molecule has 0 aliphatic heterocycles. The number of rotatable bonds is 3. The first-order valence-electron chi connectivity index (χ1n) is 5.83. The van der Waals surface area contributed by atoms with Crippen LogP contribution in [0.4, 0.5) is 0 Å². The van der Waals surface area contributed by atoms with Gasteiger partial charge in [-0.1, -0.05) is 29.3 Å². The molecule has 0 aromatic heterocycles. The van der Waals surface area contributed by atoms with E-state index in [0.29, 0.717) is 11.6 Å². The van der Waals surface area contributed by atoms with Crippen LogP contribution in [0.15, 0.2) is 17.7 Å². The quantitative estimate of drug-likeness (QED) is 0.745. The second-order valence-corrected chi connectivity index (χ2v) is 4.59. The molecule has 0 bridgehead atoms. The number of halogens is 1. The molecule has 1 aliphatic rings. The molecule has 1 saturated carbocycles. The van der Waals surface area contributed by atoms with E-state index in [1.165, 1.54) is 30.4 Å². The van der Waals surface area contributed by atoms with Crippen LogP contribution in [-0.2, 0) is 0 Å². The molecule has 1 nitrogen and oxygen atoms in total. The van der Waals surface area contributed by atoms with Gasteiger partial charge in [-0.15, -0.1) is 0 Å². The molecule has 2 heteroatoms. The summed E-state index contributed by atoms with van der Waals surface area (Å²) in [6.45, 7) is 4.70. The van der Waals surface area contributed by atoms with Crippen molar-refractivity contribution in [3.8, 4) is 5.75 Å². The topological polar surface area (TPSA) is 9.23 Å². The van der Waals surface area contributed by atoms with Gasteiger partial charge in [0, 0.05) is 0 Å². The van der Waals surface area contributed by atoms with E-state index in [2.05, 4.69) is 19.1 Å².